The molecule has 1 heterocycles. The molecule has 0 spiro atoms. The molecule has 0 fully saturated rings. The fourth-order valence-corrected chi connectivity index (χ4v) is 2.50. The number of hydrogen-bond acceptors (Lipinski definition) is 3. The van der Waals surface area contributed by atoms with E-state index < -0.39 is 0 Å². The van der Waals surface area contributed by atoms with Gasteiger partial charge in [0.2, 0.25) is 5.91 Å². The van der Waals surface area contributed by atoms with Gasteiger partial charge in [0, 0.05) is 31.0 Å². The third kappa shape index (κ3) is 6.14. The molecular weight excluding hydrogens is 290 g/mol. The number of hydrogen-bond donors (Lipinski definition) is 1. The van der Waals surface area contributed by atoms with Gasteiger partial charge in [-0.1, -0.05) is 31.0 Å². The van der Waals surface area contributed by atoms with Gasteiger partial charge in [-0.05, 0) is 18.9 Å². The largest absolute Gasteiger partial charge is 0.496 e. The number of amides is 1. The first-order valence-electron chi connectivity index (χ1n) is 8.14. The first-order chi connectivity index (χ1) is 11.3. The van der Waals surface area contributed by atoms with Gasteiger partial charge in [-0.15, -0.1) is 0 Å². The first kappa shape index (κ1) is 17.1. The Kier molecular flexibility index (Phi) is 7.17. The quantitative estimate of drug-likeness (QED) is 0.686. The topological polar surface area (TPSA) is 56.1 Å². The molecule has 2 aromatic rings. The second kappa shape index (κ2) is 9.66. The van der Waals surface area contributed by atoms with Crippen molar-refractivity contribution in [2.75, 3.05) is 13.7 Å². The second-order valence-corrected chi connectivity index (χ2v) is 5.55. The molecule has 0 aliphatic carbocycles. The van der Waals surface area contributed by atoms with Crippen LogP contribution in [0.1, 0.15) is 31.2 Å². The van der Waals surface area contributed by atoms with Gasteiger partial charge in [0.05, 0.1) is 19.9 Å². The van der Waals surface area contributed by atoms with Gasteiger partial charge in [-0.3, -0.25) is 4.79 Å². The Labute approximate surface area is 137 Å². The van der Waals surface area contributed by atoms with Crippen molar-refractivity contribution in [2.45, 2.75) is 38.6 Å². The van der Waals surface area contributed by atoms with Gasteiger partial charge >= 0.3 is 0 Å². The SMILES string of the molecule is COc1ccccc1CC(=O)NCCCCCCn1ccnc1. The van der Waals surface area contributed by atoms with Crippen LogP contribution >= 0.6 is 0 Å². The van der Waals surface area contributed by atoms with Crippen LogP contribution in [0.3, 0.4) is 0 Å². The molecule has 0 unspecified atom stereocenters. The van der Waals surface area contributed by atoms with Crippen molar-refractivity contribution in [1.82, 2.24) is 14.9 Å². The van der Waals surface area contributed by atoms with E-state index in [1.165, 1.54) is 6.42 Å². The highest BCUT2D eigenvalue weighted by Crippen LogP contribution is 2.17. The van der Waals surface area contributed by atoms with Crippen molar-refractivity contribution < 1.29 is 9.53 Å². The average Bonchev–Trinajstić information content (AvgIpc) is 3.08. The Morgan fingerprint density at radius 3 is 2.83 bits per heavy atom. The summed E-state index contributed by atoms with van der Waals surface area (Å²) >= 11 is 0. The maximum Gasteiger partial charge on any atom is 0.224 e. The van der Waals surface area contributed by atoms with Crippen LogP contribution in [0.5, 0.6) is 5.75 Å². The highest BCUT2D eigenvalue weighted by molar-refractivity contribution is 5.79. The zero-order chi connectivity index (χ0) is 16.3. The number of rotatable bonds is 10. The van der Waals surface area contributed by atoms with E-state index in [2.05, 4.69) is 14.9 Å². The number of benzene rings is 1. The third-order valence-corrected chi connectivity index (χ3v) is 3.77. The van der Waals surface area contributed by atoms with E-state index >= 15 is 0 Å². The minimum Gasteiger partial charge on any atom is -0.496 e. The molecule has 1 aromatic heterocycles. The number of aryl methyl sites for hydroxylation is 1. The highest BCUT2D eigenvalue weighted by Gasteiger charge is 2.07. The number of methoxy groups -OCH3 is 1. The molecule has 0 aliphatic heterocycles. The molecule has 5 heteroatoms. The standard InChI is InChI=1S/C18H25N3O2/c1-23-17-9-5-4-8-16(17)14-18(22)20-10-6-2-3-7-12-21-13-11-19-15-21/h4-5,8-9,11,13,15H,2-3,6-7,10,12,14H2,1H3,(H,20,22). The first-order valence-corrected chi connectivity index (χ1v) is 8.14. The molecule has 5 nitrogen and oxygen atoms in total. The Bertz CT molecular complexity index is 582. The van der Waals surface area contributed by atoms with E-state index in [4.69, 9.17) is 4.74 Å². The second-order valence-electron chi connectivity index (χ2n) is 5.55. The van der Waals surface area contributed by atoms with Crippen LogP contribution in [0.25, 0.3) is 0 Å². The molecule has 1 N–H and O–H groups in total. The van der Waals surface area contributed by atoms with Gasteiger partial charge in [0.25, 0.3) is 0 Å². The van der Waals surface area contributed by atoms with Gasteiger partial charge in [-0.2, -0.15) is 0 Å². The normalized spacial score (nSPS) is 10.5. The molecule has 2 rings (SSSR count). The predicted molar refractivity (Wildman–Crippen MR) is 90.4 cm³/mol. The van der Waals surface area contributed by atoms with Crippen LogP contribution < -0.4 is 10.1 Å². The molecule has 1 aromatic carbocycles. The summed E-state index contributed by atoms with van der Waals surface area (Å²) < 4.78 is 7.35. The number of carbonyl (C=O) groups is 1. The monoisotopic (exact) mass is 315 g/mol. The number of unbranched alkanes of at least 4 members (excludes halogenated alkanes) is 3. The minimum absolute atomic E-state index is 0.0490. The summed E-state index contributed by atoms with van der Waals surface area (Å²) in [5, 5.41) is 2.98. The molecule has 0 bridgehead atoms. The van der Waals surface area contributed by atoms with E-state index in [-0.39, 0.29) is 5.91 Å². The van der Waals surface area contributed by atoms with Crippen LogP contribution in [-0.4, -0.2) is 29.1 Å². The maximum absolute atomic E-state index is 11.9. The average molecular weight is 315 g/mol. The Morgan fingerprint density at radius 2 is 2.04 bits per heavy atom. The van der Waals surface area contributed by atoms with Crippen LogP contribution in [0.4, 0.5) is 0 Å². The van der Waals surface area contributed by atoms with E-state index in [1.54, 1.807) is 13.3 Å². The molecule has 23 heavy (non-hydrogen) atoms. The summed E-state index contributed by atoms with van der Waals surface area (Å²) in [6.45, 7) is 1.75. The summed E-state index contributed by atoms with van der Waals surface area (Å²) in [4.78, 5) is 16.0. The van der Waals surface area contributed by atoms with Gasteiger partial charge in [-0.25, -0.2) is 4.98 Å². The lowest BCUT2D eigenvalue weighted by Crippen LogP contribution is -2.26. The summed E-state index contributed by atoms with van der Waals surface area (Å²) in [6.07, 6.45) is 10.5. The van der Waals surface area contributed by atoms with Gasteiger partial charge in [0.1, 0.15) is 5.75 Å². The number of aromatic nitrogens is 2. The Hall–Kier alpha value is -2.30. The third-order valence-electron chi connectivity index (χ3n) is 3.77. The maximum atomic E-state index is 11.9. The minimum atomic E-state index is 0.0490. The lowest BCUT2D eigenvalue weighted by atomic mass is 10.1. The summed E-state index contributed by atoms with van der Waals surface area (Å²) in [6, 6.07) is 7.63. The van der Waals surface area contributed by atoms with Crippen LogP contribution in [-0.2, 0) is 17.8 Å². The van der Waals surface area contributed by atoms with Crippen molar-refractivity contribution in [1.29, 1.82) is 0 Å². The molecule has 1 amide bonds. The van der Waals surface area contributed by atoms with Crippen LogP contribution in [0, 0.1) is 0 Å². The number of nitrogens with one attached hydrogen (secondary N) is 1. The van der Waals surface area contributed by atoms with Crippen molar-refractivity contribution in [2.24, 2.45) is 0 Å². The molecule has 0 saturated heterocycles. The van der Waals surface area contributed by atoms with Crippen LogP contribution in [0.2, 0.25) is 0 Å². The Morgan fingerprint density at radius 1 is 1.22 bits per heavy atom. The van der Waals surface area contributed by atoms with E-state index in [9.17, 15) is 4.79 Å². The zero-order valence-electron chi connectivity index (χ0n) is 13.7. The van der Waals surface area contributed by atoms with Gasteiger partial charge < -0.3 is 14.6 Å². The molecule has 0 saturated carbocycles. The summed E-state index contributed by atoms with van der Waals surface area (Å²) in [7, 11) is 1.63. The number of carbonyl (C=O) groups excluding carboxylic acids is 1. The van der Waals surface area contributed by atoms with Crippen molar-refractivity contribution in [3.8, 4) is 5.75 Å². The number of para-hydroxylation sites is 1. The van der Waals surface area contributed by atoms with Gasteiger partial charge in [0.15, 0.2) is 0 Å². The molecular formula is C18H25N3O2. The fourth-order valence-electron chi connectivity index (χ4n) is 2.50. The van der Waals surface area contributed by atoms with E-state index in [0.29, 0.717) is 6.42 Å². The van der Waals surface area contributed by atoms with Crippen molar-refractivity contribution >= 4 is 5.91 Å². The van der Waals surface area contributed by atoms with Crippen molar-refractivity contribution in [3.05, 3.63) is 48.5 Å². The van der Waals surface area contributed by atoms with E-state index in [1.807, 2.05) is 36.8 Å². The molecule has 0 radical (unpaired) electrons. The lowest BCUT2D eigenvalue weighted by molar-refractivity contribution is -0.120. The number of nitrogens with zero attached hydrogens (tertiary/aromatic N) is 2. The zero-order valence-corrected chi connectivity index (χ0v) is 13.7. The van der Waals surface area contributed by atoms with Crippen LogP contribution in [0.15, 0.2) is 43.0 Å². The lowest BCUT2D eigenvalue weighted by Gasteiger charge is -2.09. The highest BCUT2D eigenvalue weighted by atomic mass is 16.5. The number of imidazole rings is 1. The summed E-state index contributed by atoms with van der Waals surface area (Å²) in [5.41, 5.74) is 0.924. The Balaban J connectivity index is 1.54. The molecule has 0 aliphatic rings. The number of ether oxygens (including phenoxy) is 1. The molecule has 124 valence electrons. The predicted octanol–water partition coefficient (Wildman–Crippen LogP) is 2.81. The van der Waals surface area contributed by atoms with E-state index in [0.717, 1.165) is 43.7 Å². The smallest absolute Gasteiger partial charge is 0.224 e. The van der Waals surface area contributed by atoms with Crippen molar-refractivity contribution in [3.63, 3.8) is 0 Å². The summed E-state index contributed by atoms with van der Waals surface area (Å²) in [5.74, 6) is 0.815. The molecule has 0 atom stereocenters. The fraction of sp³-hybridized carbons (Fsp3) is 0.444.